The zero-order valence-corrected chi connectivity index (χ0v) is 12.2. The van der Waals surface area contributed by atoms with Crippen LogP contribution in [0.25, 0.3) is 0 Å². The van der Waals surface area contributed by atoms with Crippen molar-refractivity contribution in [2.24, 2.45) is 0 Å². The van der Waals surface area contributed by atoms with Crippen LogP contribution in [0.2, 0.25) is 0 Å². The molecular formula is C12H13ClFIN2+2. The minimum atomic E-state index is -0.509. The van der Waals surface area contributed by atoms with E-state index in [1.807, 2.05) is 47.4 Å². The van der Waals surface area contributed by atoms with Gasteiger partial charge in [0.1, 0.15) is 5.88 Å². The third-order valence-electron chi connectivity index (χ3n) is 2.35. The van der Waals surface area contributed by atoms with E-state index in [0.29, 0.717) is 11.6 Å². The summed E-state index contributed by atoms with van der Waals surface area (Å²) >= 11 is 5.85. The maximum absolute atomic E-state index is 12.8. The summed E-state index contributed by atoms with van der Waals surface area (Å²) in [5.41, 5.74) is 1.50. The van der Waals surface area contributed by atoms with Gasteiger partial charge in [0.05, 0.1) is 9.35 Å². The van der Waals surface area contributed by atoms with Crippen molar-refractivity contribution in [3.05, 3.63) is 60.2 Å². The first-order valence-corrected chi connectivity index (χ1v) is 5.52. The van der Waals surface area contributed by atoms with Crippen LogP contribution in [0, 0.1) is 0 Å². The molecule has 0 bridgehead atoms. The molecule has 0 aliphatic rings. The predicted molar refractivity (Wildman–Crippen MR) is 73.9 cm³/mol. The lowest BCUT2D eigenvalue weighted by Gasteiger charge is -1.96. The molecule has 17 heavy (non-hydrogen) atoms. The summed E-state index contributed by atoms with van der Waals surface area (Å²) in [6.45, 7) is -0.509. The fraction of sp³-hybridized carbons (Fsp3) is 0.167. The molecule has 0 fully saturated rings. The largest absolute Gasteiger partial charge is 0.284 e. The number of alkyl halides is 2. The fourth-order valence-electron chi connectivity index (χ4n) is 1.57. The summed E-state index contributed by atoms with van der Waals surface area (Å²) in [5.74, 6) is 0.383. The predicted octanol–water partition coefficient (Wildman–Crippen LogP) is 2.40. The second kappa shape index (κ2) is 6.86. The van der Waals surface area contributed by atoms with E-state index in [1.165, 1.54) is 0 Å². The van der Waals surface area contributed by atoms with Crippen molar-refractivity contribution in [3.8, 4) is 0 Å². The molecule has 0 aliphatic carbocycles. The highest BCUT2D eigenvalue weighted by atomic mass is 127. The standard InChI is InChI=1S/C12H12ClFN2.HI/c13-9-11-5-1-3-7-15(11)16-8-4-2-6-12(16)10-14;/h1-8H,9-10H2;1H/q+2;. The Hall–Kier alpha value is -0.750. The van der Waals surface area contributed by atoms with E-state index in [9.17, 15) is 4.39 Å². The van der Waals surface area contributed by atoms with Crippen LogP contribution >= 0.6 is 35.6 Å². The van der Waals surface area contributed by atoms with Gasteiger partial charge < -0.3 is 0 Å². The van der Waals surface area contributed by atoms with Crippen molar-refractivity contribution in [1.82, 2.24) is 0 Å². The molecule has 90 valence electrons. The van der Waals surface area contributed by atoms with Crippen LogP contribution < -0.4 is 9.35 Å². The number of aromatic nitrogens is 2. The smallest absolute Gasteiger partial charge is 0.239 e. The highest BCUT2D eigenvalue weighted by Gasteiger charge is 2.22. The Labute approximate surface area is 122 Å². The molecule has 0 unspecified atom stereocenters. The van der Waals surface area contributed by atoms with Gasteiger partial charge in [0.15, 0.2) is 6.67 Å². The lowest BCUT2D eigenvalue weighted by molar-refractivity contribution is -1.30. The maximum Gasteiger partial charge on any atom is 0.284 e. The van der Waals surface area contributed by atoms with Gasteiger partial charge in [-0.05, 0) is 12.1 Å². The SMILES string of the molecule is FCc1cccc[n+]1-[n+]1ccccc1CCl.I. The minimum absolute atomic E-state index is 0. The number of hydrogen-bond acceptors (Lipinski definition) is 0. The van der Waals surface area contributed by atoms with E-state index >= 15 is 0 Å². The van der Waals surface area contributed by atoms with Gasteiger partial charge in [-0.15, -0.1) is 35.6 Å². The van der Waals surface area contributed by atoms with Gasteiger partial charge in [0.25, 0.3) is 11.4 Å². The van der Waals surface area contributed by atoms with Gasteiger partial charge in [-0.3, -0.25) is 0 Å². The monoisotopic (exact) mass is 366 g/mol. The van der Waals surface area contributed by atoms with Gasteiger partial charge in [-0.1, -0.05) is 0 Å². The molecule has 0 aromatic carbocycles. The van der Waals surface area contributed by atoms with E-state index in [2.05, 4.69) is 0 Å². The van der Waals surface area contributed by atoms with Crippen LogP contribution in [0.3, 0.4) is 0 Å². The first-order valence-electron chi connectivity index (χ1n) is 4.98. The highest BCUT2D eigenvalue weighted by Crippen LogP contribution is 1.97. The molecule has 5 heteroatoms. The first kappa shape index (κ1) is 14.3. The minimum Gasteiger partial charge on any atom is -0.239 e. The van der Waals surface area contributed by atoms with E-state index in [-0.39, 0.29) is 24.0 Å². The average molecular weight is 367 g/mol. The van der Waals surface area contributed by atoms with Crippen LogP contribution in [0.4, 0.5) is 4.39 Å². The quantitative estimate of drug-likeness (QED) is 0.448. The summed E-state index contributed by atoms with van der Waals surface area (Å²) in [6, 6.07) is 11.1. The van der Waals surface area contributed by atoms with Gasteiger partial charge in [0, 0.05) is 24.3 Å². The Morgan fingerprint density at radius 3 is 2.00 bits per heavy atom. The Kier molecular flexibility index (Phi) is 5.77. The molecular weight excluding hydrogens is 354 g/mol. The Morgan fingerprint density at radius 2 is 1.47 bits per heavy atom. The Bertz CT molecular complexity index is 448. The third-order valence-corrected chi connectivity index (χ3v) is 2.62. The van der Waals surface area contributed by atoms with E-state index in [4.69, 9.17) is 11.6 Å². The van der Waals surface area contributed by atoms with Crippen molar-refractivity contribution in [1.29, 1.82) is 0 Å². The molecule has 0 aliphatic heterocycles. The van der Waals surface area contributed by atoms with Crippen LogP contribution in [0.5, 0.6) is 0 Å². The van der Waals surface area contributed by atoms with Gasteiger partial charge >= 0.3 is 0 Å². The molecule has 2 heterocycles. The number of rotatable bonds is 3. The molecule has 0 saturated heterocycles. The maximum atomic E-state index is 12.8. The molecule has 2 aromatic heterocycles. The second-order valence-electron chi connectivity index (χ2n) is 3.34. The molecule has 2 aromatic rings. The normalized spacial score (nSPS) is 9.76. The second-order valence-corrected chi connectivity index (χ2v) is 3.61. The van der Waals surface area contributed by atoms with Crippen molar-refractivity contribution in [2.45, 2.75) is 12.6 Å². The number of nitrogens with zero attached hydrogens (tertiary/aromatic N) is 2. The van der Waals surface area contributed by atoms with Crippen LogP contribution in [0.1, 0.15) is 11.4 Å². The van der Waals surface area contributed by atoms with Gasteiger partial charge in [-0.25, -0.2) is 4.39 Å². The molecule has 0 amide bonds. The lowest BCUT2D eigenvalue weighted by atomic mass is 10.3. The van der Waals surface area contributed by atoms with Crippen LogP contribution in [-0.2, 0) is 12.6 Å². The summed E-state index contributed by atoms with van der Waals surface area (Å²) in [6.07, 6.45) is 3.67. The highest BCUT2D eigenvalue weighted by molar-refractivity contribution is 14.0. The number of halogens is 3. The molecule has 2 rings (SSSR count). The first-order chi connectivity index (χ1) is 7.86. The van der Waals surface area contributed by atoms with Crippen molar-refractivity contribution < 1.29 is 13.7 Å². The van der Waals surface area contributed by atoms with E-state index < -0.39 is 6.67 Å². The van der Waals surface area contributed by atoms with E-state index in [1.54, 1.807) is 10.7 Å². The van der Waals surface area contributed by atoms with Crippen LogP contribution in [0.15, 0.2) is 48.8 Å². The molecule has 0 spiro atoms. The summed E-state index contributed by atoms with van der Waals surface area (Å²) in [4.78, 5) is 0. The van der Waals surface area contributed by atoms with Crippen molar-refractivity contribution >= 4 is 35.6 Å². The van der Waals surface area contributed by atoms with Crippen LogP contribution in [-0.4, -0.2) is 0 Å². The summed E-state index contributed by atoms with van der Waals surface area (Å²) in [5, 5.41) is 0. The number of pyridine rings is 2. The average Bonchev–Trinajstić information content (AvgIpc) is 2.38. The summed E-state index contributed by atoms with van der Waals surface area (Å²) in [7, 11) is 0. The van der Waals surface area contributed by atoms with Crippen molar-refractivity contribution in [3.63, 3.8) is 0 Å². The Morgan fingerprint density at radius 1 is 0.941 bits per heavy atom. The van der Waals surface area contributed by atoms with Crippen molar-refractivity contribution in [2.75, 3.05) is 0 Å². The summed E-state index contributed by atoms with van der Waals surface area (Å²) < 4.78 is 16.4. The topological polar surface area (TPSA) is 7.76 Å². The zero-order valence-electron chi connectivity index (χ0n) is 9.09. The molecule has 0 radical (unpaired) electrons. The van der Waals surface area contributed by atoms with Gasteiger partial charge in [0.2, 0.25) is 12.4 Å². The zero-order chi connectivity index (χ0) is 11.4. The molecule has 0 N–H and O–H groups in total. The molecule has 2 nitrogen and oxygen atoms in total. The molecule has 0 atom stereocenters. The lowest BCUT2D eigenvalue weighted by Crippen LogP contribution is -2.69. The van der Waals surface area contributed by atoms with Gasteiger partial charge in [-0.2, -0.15) is 0 Å². The Balaban J connectivity index is 0.00000144. The van der Waals surface area contributed by atoms with E-state index in [0.717, 1.165) is 5.69 Å². The number of hydrogen-bond donors (Lipinski definition) is 0. The third kappa shape index (κ3) is 3.13. The fourth-order valence-corrected chi connectivity index (χ4v) is 1.78. The molecule has 0 saturated carbocycles.